The standard InChI is InChI=1S/C28H34F2N2O3/c29-21-3-4-23(30)22(13-21)25(33)20-5-8-31(9-6-20)26(34)24-2-1-7-32(24)27(35)28-14-17-10-18(15-28)12-19(11-17)16-28/h3-4,13,17-20,24H,1-2,5-12,14-16H2. The highest BCUT2D eigenvalue weighted by atomic mass is 19.1. The molecule has 0 N–H and O–H groups in total. The normalized spacial score (nSPS) is 34.5. The number of rotatable bonds is 4. The molecule has 0 aromatic heterocycles. The Bertz CT molecular complexity index is 1010. The van der Waals surface area contributed by atoms with Crippen LogP contribution in [0, 0.1) is 40.7 Å². The Balaban J connectivity index is 1.11. The zero-order valence-corrected chi connectivity index (χ0v) is 20.2. The number of piperidine rings is 1. The van der Waals surface area contributed by atoms with Crippen molar-refractivity contribution < 1.29 is 23.2 Å². The number of Topliss-reactive ketones (excluding diaryl/α,β-unsaturated/α-hetero) is 1. The number of carbonyl (C=O) groups excluding carboxylic acids is 3. The molecule has 2 heterocycles. The summed E-state index contributed by atoms with van der Waals surface area (Å²) >= 11 is 0. The molecule has 2 amide bonds. The average molecular weight is 485 g/mol. The first kappa shape index (κ1) is 23.1. The molecule has 7 rings (SSSR count). The minimum atomic E-state index is -0.709. The molecular formula is C28H34F2N2O3. The van der Waals surface area contributed by atoms with Crippen molar-refractivity contribution in [1.29, 1.82) is 0 Å². The summed E-state index contributed by atoms with van der Waals surface area (Å²) in [5.74, 6) is 0.0937. The molecule has 4 aliphatic carbocycles. The zero-order valence-electron chi connectivity index (χ0n) is 20.2. The Morgan fingerprint density at radius 1 is 0.857 bits per heavy atom. The minimum Gasteiger partial charge on any atom is -0.341 e. The first-order valence-corrected chi connectivity index (χ1v) is 13.4. The van der Waals surface area contributed by atoms with E-state index in [1.807, 2.05) is 4.90 Å². The summed E-state index contributed by atoms with van der Waals surface area (Å²) in [5, 5.41) is 0. The molecule has 2 saturated heterocycles. The van der Waals surface area contributed by atoms with Crippen molar-refractivity contribution in [2.24, 2.45) is 29.1 Å². The van der Waals surface area contributed by atoms with Crippen LogP contribution < -0.4 is 0 Å². The van der Waals surface area contributed by atoms with Gasteiger partial charge in [0.05, 0.1) is 11.0 Å². The molecule has 35 heavy (non-hydrogen) atoms. The molecule has 2 aliphatic heterocycles. The fourth-order valence-electron chi connectivity index (χ4n) is 8.42. The van der Waals surface area contributed by atoms with Crippen LogP contribution in [0.5, 0.6) is 0 Å². The molecule has 5 nitrogen and oxygen atoms in total. The van der Waals surface area contributed by atoms with Gasteiger partial charge in [-0.25, -0.2) is 8.78 Å². The molecule has 1 atom stereocenters. The van der Waals surface area contributed by atoms with E-state index in [1.165, 1.54) is 19.3 Å². The predicted octanol–water partition coefficient (Wildman–Crippen LogP) is 4.59. The van der Waals surface area contributed by atoms with Crippen molar-refractivity contribution in [3.8, 4) is 0 Å². The fraction of sp³-hybridized carbons (Fsp3) is 0.679. The number of hydrogen-bond acceptors (Lipinski definition) is 3. The van der Waals surface area contributed by atoms with E-state index in [-0.39, 0.29) is 22.8 Å². The van der Waals surface area contributed by atoms with Crippen molar-refractivity contribution in [3.63, 3.8) is 0 Å². The molecule has 6 fully saturated rings. The molecule has 1 aromatic rings. The van der Waals surface area contributed by atoms with E-state index in [1.54, 1.807) is 4.90 Å². The van der Waals surface area contributed by atoms with E-state index < -0.39 is 29.4 Å². The number of benzene rings is 1. The van der Waals surface area contributed by atoms with Crippen LogP contribution in [0.25, 0.3) is 0 Å². The topological polar surface area (TPSA) is 57.7 Å². The summed E-state index contributed by atoms with van der Waals surface area (Å²) in [6.45, 7) is 1.47. The fourth-order valence-corrected chi connectivity index (χ4v) is 8.42. The van der Waals surface area contributed by atoms with E-state index in [4.69, 9.17) is 0 Å². The number of carbonyl (C=O) groups is 3. The van der Waals surface area contributed by atoms with Gasteiger partial charge < -0.3 is 9.80 Å². The van der Waals surface area contributed by atoms with Crippen LogP contribution in [-0.4, -0.2) is 53.1 Å². The first-order chi connectivity index (χ1) is 16.8. The number of nitrogens with zero attached hydrogens (tertiary/aromatic N) is 2. The molecule has 7 heteroatoms. The third-order valence-corrected chi connectivity index (χ3v) is 9.66. The second-order valence-corrected chi connectivity index (χ2v) is 11.9. The maximum atomic E-state index is 14.1. The van der Waals surface area contributed by atoms with Crippen LogP contribution in [0.4, 0.5) is 8.78 Å². The third kappa shape index (κ3) is 3.99. The molecule has 6 aliphatic rings. The molecule has 1 unspecified atom stereocenters. The smallest absolute Gasteiger partial charge is 0.245 e. The summed E-state index contributed by atoms with van der Waals surface area (Å²) in [4.78, 5) is 43.9. The second-order valence-electron chi connectivity index (χ2n) is 11.9. The molecule has 1 aromatic carbocycles. The summed E-state index contributed by atoms with van der Waals surface area (Å²) in [5.41, 5.74) is -0.454. The largest absolute Gasteiger partial charge is 0.341 e. The summed E-state index contributed by atoms with van der Waals surface area (Å²) < 4.78 is 27.6. The highest BCUT2D eigenvalue weighted by Crippen LogP contribution is 2.60. The van der Waals surface area contributed by atoms with Crippen LogP contribution in [0.3, 0.4) is 0 Å². The Kier molecular flexibility index (Phi) is 5.72. The van der Waals surface area contributed by atoms with Gasteiger partial charge in [0.25, 0.3) is 0 Å². The van der Waals surface area contributed by atoms with Crippen LogP contribution in [0.15, 0.2) is 18.2 Å². The molecule has 0 radical (unpaired) electrons. The second kappa shape index (κ2) is 8.67. The van der Waals surface area contributed by atoms with E-state index in [9.17, 15) is 23.2 Å². The van der Waals surface area contributed by atoms with Crippen LogP contribution in [0.2, 0.25) is 0 Å². The van der Waals surface area contributed by atoms with Gasteiger partial charge >= 0.3 is 0 Å². The Labute approximate surface area is 205 Å². The van der Waals surface area contributed by atoms with Crippen molar-refractivity contribution in [2.45, 2.75) is 70.3 Å². The van der Waals surface area contributed by atoms with Gasteiger partial charge in [0.15, 0.2) is 5.78 Å². The van der Waals surface area contributed by atoms with Gasteiger partial charge in [-0.1, -0.05) is 0 Å². The van der Waals surface area contributed by atoms with Gasteiger partial charge in [0.2, 0.25) is 11.8 Å². The van der Waals surface area contributed by atoms with Gasteiger partial charge in [0, 0.05) is 25.6 Å². The molecule has 4 bridgehead atoms. The van der Waals surface area contributed by atoms with E-state index in [0.717, 1.165) is 43.9 Å². The van der Waals surface area contributed by atoms with Crippen molar-refractivity contribution in [1.82, 2.24) is 9.80 Å². The molecular weight excluding hydrogens is 450 g/mol. The van der Waals surface area contributed by atoms with Gasteiger partial charge in [-0.05, 0) is 100 Å². The third-order valence-electron chi connectivity index (χ3n) is 9.66. The highest BCUT2D eigenvalue weighted by Gasteiger charge is 2.57. The predicted molar refractivity (Wildman–Crippen MR) is 125 cm³/mol. The Morgan fingerprint density at radius 2 is 1.49 bits per heavy atom. The number of amides is 2. The minimum absolute atomic E-state index is 0.0107. The molecule has 188 valence electrons. The van der Waals surface area contributed by atoms with Crippen molar-refractivity contribution in [3.05, 3.63) is 35.4 Å². The lowest BCUT2D eigenvalue weighted by Crippen LogP contribution is -2.58. The summed E-state index contributed by atoms with van der Waals surface area (Å²) in [7, 11) is 0. The zero-order chi connectivity index (χ0) is 24.3. The van der Waals surface area contributed by atoms with Gasteiger partial charge in [-0.15, -0.1) is 0 Å². The van der Waals surface area contributed by atoms with Crippen LogP contribution in [-0.2, 0) is 9.59 Å². The van der Waals surface area contributed by atoms with E-state index >= 15 is 0 Å². The van der Waals surface area contributed by atoms with E-state index in [0.29, 0.717) is 56.7 Å². The SMILES string of the molecule is O=C(c1cc(F)ccc1F)C1CCN(C(=O)C2CCCN2C(=O)C23CC4CC(CC(C4)C2)C3)CC1. The van der Waals surface area contributed by atoms with Gasteiger partial charge in [-0.2, -0.15) is 0 Å². The highest BCUT2D eigenvalue weighted by molar-refractivity contribution is 5.98. The number of ketones is 1. The Hall–Kier alpha value is -2.31. The maximum absolute atomic E-state index is 14.1. The summed E-state index contributed by atoms with van der Waals surface area (Å²) in [6.07, 6.45) is 9.24. The van der Waals surface area contributed by atoms with Crippen LogP contribution >= 0.6 is 0 Å². The monoisotopic (exact) mass is 484 g/mol. The number of hydrogen-bond donors (Lipinski definition) is 0. The maximum Gasteiger partial charge on any atom is 0.245 e. The summed E-state index contributed by atoms with van der Waals surface area (Å²) in [6, 6.07) is 2.55. The van der Waals surface area contributed by atoms with Gasteiger partial charge in [-0.3, -0.25) is 14.4 Å². The Morgan fingerprint density at radius 3 is 2.11 bits per heavy atom. The first-order valence-electron chi connectivity index (χ1n) is 13.4. The van der Waals surface area contributed by atoms with Gasteiger partial charge in [0.1, 0.15) is 17.7 Å². The number of halogens is 2. The quantitative estimate of drug-likeness (QED) is 0.588. The van der Waals surface area contributed by atoms with E-state index in [2.05, 4.69) is 0 Å². The number of likely N-dealkylation sites (tertiary alicyclic amines) is 2. The van der Waals surface area contributed by atoms with Crippen molar-refractivity contribution >= 4 is 17.6 Å². The molecule has 0 spiro atoms. The lowest BCUT2D eigenvalue weighted by Gasteiger charge is -2.56. The van der Waals surface area contributed by atoms with Crippen LogP contribution in [0.1, 0.15) is 74.6 Å². The average Bonchev–Trinajstić information content (AvgIpc) is 3.33. The lowest BCUT2D eigenvalue weighted by molar-refractivity contribution is -0.162. The van der Waals surface area contributed by atoms with Crippen molar-refractivity contribution in [2.75, 3.05) is 19.6 Å². The lowest BCUT2D eigenvalue weighted by atomic mass is 9.49. The molecule has 4 saturated carbocycles.